The molecule has 1 N–H and O–H groups in total. The van der Waals surface area contributed by atoms with Gasteiger partial charge in [-0.1, -0.05) is 17.7 Å². The van der Waals surface area contributed by atoms with Gasteiger partial charge in [0, 0.05) is 18.2 Å². The molecule has 0 radical (unpaired) electrons. The third kappa shape index (κ3) is 4.01. The Morgan fingerprint density at radius 3 is 2.41 bits per heavy atom. The Kier molecular flexibility index (Phi) is 5.80. The molecule has 0 saturated heterocycles. The van der Waals surface area contributed by atoms with Crippen molar-refractivity contribution in [2.24, 2.45) is 0 Å². The van der Waals surface area contributed by atoms with E-state index in [1.807, 2.05) is 6.92 Å². The zero-order chi connectivity index (χ0) is 22.9. The predicted octanol–water partition coefficient (Wildman–Crippen LogP) is 4.02. The third-order valence-corrected chi connectivity index (χ3v) is 7.29. The lowest BCUT2D eigenvalue weighted by atomic mass is 10.1. The van der Waals surface area contributed by atoms with Gasteiger partial charge in [0.05, 0.1) is 30.5 Å². The minimum Gasteiger partial charge on any atom is -0.497 e. The average molecular weight is 453 g/mol. The second kappa shape index (κ2) is 8.55. The molecule has 3 aromatic carbocycles. The Balaban J connectivity index is 1.59. The number of carbonyl (C=O) groups excluding carboxylic acids is 1. The van der Waals surface area contributed by atoms with Crippen molar-refractivity contribution in [3.63, 3.8) is 0 Å². The summed E-state index contributed by atoms with van der Waals surface area (Å²) in [5.41, 5.74) is 3.32. The van der Waals surface area contributed by atoms with Gasteiger partial charge in [0.2, 0.25) is 0 Å². The topological polar surface area (TPSA) is 84.9 Å². The van der Waals surface area contributed by atoms with Gasteiger partial charge < -0.3 is 14.8 Å². The second-order valence-corrected chi connectivity index (χ2v) is 9.37. The predicted molar refractivity (Wildman–Crippen MR) is 123 cm³/mol. The van der Waals surface area contributed by atoms with Gasteiger partial charge in [0.25, 0.3) is 15.9 Å². The highest BCUT2D eigenvalue weighted by molar-refractivity contribution is 7.92. The molecule has 0 spiro atoms. The molecule has 0 unspecified atom stereocenters. The summed E-state index contributed by atoms with van der Waals surface area (Å²) in [7, 11) is -0.595. The van der Waals surface area contributed by atoms with Gasteiger partial charge in [-0.25, -0.2) is 8.42 Å². The van der Waals surface area contributed by atoms with Crippen LogP contribution in [0.2, 0.25) is 0 Å². The maximum atomic E-state index is 13.1. The number of fused-ring (bicyclic) bond motifs is 1. The number of methoxy groups -OCH3 is 2. The summed E-state index contributed by atoms with van der Waals surface area (Å²) in [6.45, 7) is 2.25. The minimum atomic E-state index is -3.66. The van der Waals surface area contributed by atoms with Crippen LogP contribution in [0.25, 0.3) is 0 Å². The van der Waals surface area contributed by atoms with Crippen LogP contribution in [0.5, 0.6) is 11.5 Å². The van der Waals surface area contributed by atoms with Gasteiger partial charge in [-0.2, -0.15) is 0 Å². The number of benzene rings is 3. The summed E-state index contributed by atoms with van der Waals surface area (Å²) in [4.78, 5) is 13.1. The van der Waals surface area contributed by atoms with Crippen molar-refractivity contribution in [2.45, 2.75) is 18.2 Å². The molecular weight excluding hydrogens is 428 g/mol. The summed E-state index contributed by atoms with van der Waals surface area (Å²) in [5, 5.41) is 2.84. The van der Waals surface area contributed by atoms with Crippen molar-refractivity contribution in [1.82, 2.24) is 0 Å². The molecule has 0 aromatic heterocycles. The van der Waals surface area contributed by atoms with Crippen molar-refractivity contribution < 1.29 is 22.7 Å². The Labute approximate surface area is 187 Å². The average Bonchev–Trinajstić information content (AvgIpc) is 3.23. The number of sulfonamides is 1. The lowest BCUT2D eigenvalue weighted by molar-refractivity contribution is 0.102. The quantitative estimate of drug-likeness (QED) is 0.611. The first-order chi connectivity index (χ1) is 15.3. The van der Waals surface area contributed by atoms with Crippen molar-refractivity contribution in [3.05, 3.63) is 77.4 Å². The Hall–Kier alpha value is -3.52. The molecule has 1 heterocycles. The number of hydrogen-bond donors (Lipinski definition) is 1. The molecule has 0 saturated carbocycles. The maximum absolute atomic E-state index is 13.1. The largest absolute Gasteiger partial charge is 0.497 e. The molecule has 0 aliphatic carbocycles. The highest BCUT2D eigenvalue weighted by Crippen LogP contribution is 2.34. The number of rotatable bonds is 6. The molecule has 0 fully saturated rings. The summed E-state index contributed by atoms with van der Waals surface area (Å²) in [5.74, 6) is 0.780. The van der Waals surface area contributed by atoms with Crippen LogP contribution in [0.1, 0.15) is 21.5 Å². The van der Waals surface area contributed by atoms with Crippen molar-refractivity contribution in [1.29, 1.82) is 0 Å². The molecule has 0 atom stereocenters. The van der Waals surface area contributed by atoms with Crippen molar-refractivity contribution >= 4 is 27.3 Å². The van der Waals surface area contributed by atoms with Crippen LogP contribution in [0.15, 0.2) is 65.6 Å². The number of aryl methyl sites for hydroxylation is 1. The zero-order valence-electron chi connectivity index (χ0n) is 18.1. The van der Waals surface area contributed by atoms with Crippen LogP contribution in [0.4, 0.5) is 11.4 Å². The Morgan fingerprint density at radius 2 is 1.72 bits per heavy atom. The molecule has 0 bridgehead atoms. The minimum absolute atomic E-state index is 0.253. The number of amides is 1. The van der Waals surface area contributed by atoms with E-state index in [9.17, 15) is 13.2 Å². The third-order valence-electron chi connectivity index (χ3n) is 5.46. The van der Waals surface area contributed by atoms with Gasteiger partial charge in [-0.05, 0) is 61.4 Å². The van der Waals surface area contributed by atoms with E-state index in [1.54, 1.807) is 67.8 Å². The van der Waals surface area contributed by atoms with Gasteiger partial charge in [0.1, 0.15) is 11.5 Å². The summed E-state index contributed by atoms with van der Waals surface area (Å²) in [6, 6.07) is 17.0. The standard InChI is InChI=1S/C24H24N2O5S/c1-16-4-8-20(9-5-16)32(28,29)26-13-12-17-14-18(6-10-22(17)26)24(27)25-21-15-19(30-2)7-11-23(21)31-3/h4-11,14-15H,12-13H2,1-3H3,(H,25,27). The van der Waals surface area contributed by atoms with Crippen LogP contribution in [-0.4, -0.2) is 35.1 Å². The Bertz CT molecular complexity index is 1270. The molecule has 4 rings (SSSR count). The van der Waals surface area contributed by atoms with E-state index in [1.165, 1.54) is 11.4 Å². The number of carbonyl (C=O) groups is 1. The fourth-order valence-corrected chi connectivity index (χ4v) is 5.21. The van der Waals surface area contributed by atoms with E-state index in [0.29, 0.717) is 41.4 Å². The SMILES string of the molecule is COc1ccc(OC)c(NC(=O)c2ccc3c(c2)CCN3S(=O)(=O)c2ccc(C)cc2)c1. The number of ether oxygens (including phenoxy) is 2. The smallest absolute Gasteiger partial charge is 0.264 e. The summed E-state index contributed by atoms with van der Waals surface area (Å²) in [6.07, 6.45) is 0.532. The Morgan fingerprint density at radius 1 is 0.969 bits per heavy atom. The normalized spacial score (nSPS) is 12.9. The van der Waals surface area contributed by atoms with E-state index < -0.39 is 10.0 Å². The number of hydrogen-bond acceptors (Lipinski definition) is 5. The van der Waals surface area contributed by atoms with Crippen LogP contribution < -0.4 is 19.1 Å². The highest BCUT2D eigenvalue weighted by Gasteiger charge is 2.31. The first kappa shape index (κ1) is 21.7. The van der Waals surface area contributed by atoms with Gasteiger partial charge in [0.15, 0.2) is 0 Å². The van der Waals surface area contributed by atoms with Crippen molar-refractivity contribution in [3.8, 4) is 11.5 Å². The maximum Gasteiger partial charge on any atom is 0.264 e. The molecule has 1 amide bonds. The van der Waals surface area contributed by atoms with E-state index in [0.717, 1.165) is 11.1 Å². The van der Waals surface area contributed by atoms with E-state index >= 15 is 0 Å². The van der Waals surface area contributed by atoms with Crippen LogP contribution in [-0.2, 0) is 16.4 Å². The van der Waals surface area contributed by atoms with Gasteiger partial charge in [-0.3, -0.25) is 9.10 Å². The van der Waals surface area contributed by atoms with Crippen LogP contribution >= 0.6 is 0 Å². The first-order valence-electron chi connectivity index (χ1n) is 10.1. The van der Waals surface area contributed by atoms with E-state index in [-0.39, 0.29) is 10.8 Å². The van der Waals surface area contributed by atoms with Gasteiger partial charge in [-0.15, -0.1) is 0 Å². The van der Waals surface area contributed by atoms with Crippen LogP contribution in [0, 0.1) is 6.92 Å². The van der Waals surface area contributed by atoms with E-state index in [2.05, 4.69) is 5.32 Å². The van der Waals surface area contributed by atoms with Gasteiger partial charge >= 0.3 is 0 Å². The van der Waals surface area contributed by atoms with E-state index in [4.69, 9.17) is 9.47 Å². The highest BCUT2D eigenvalue weighted by atomic mass is 32.2. The monoisotopic (exact) mass is 452 g/mol. The summed E-state index contributed by atoms with van der Waals surface area (Å²) < 4.78 is 38.2. The lowest BCUT2D eigenvalue weighted by Crippen LogP contribution is -2.29. The number of nitrogens with one attached hydrogen (secondary N) is 1. The number of nitrogens with zero attached hydrogens (tertiary/aromatic N) is 1. The van der Waals surface area contributed by atoms with Crippen molar-refractivity contribution in [2.75, 3.05) is 30.4 Å². The molecule has 7 nitrogen and oxygen atoms in total. The molecule has 32 heavy (non-hydrogen) atoms. The number of anilines is 2. The lowest BCUT2D eigenvalue weighted by Gasteiger charge is -2.20. The molecule has 1 aliphatic rings. The fourth-order valence-electron chi connectivity index (χ4n) is 3.71. The molecular formula is C24H24N2O5S. The first-order valence-corrected chi connectivity index (χ1v) is 11.5. The molecule has 1 aliphatic heterocycles. The molecule has 8 heteroatoms. The van der Waals surface area contributed by atoms with Crippen LogP contribution in [0.3, 0.4) is 0 Å². The second-order valence-electron chi connectivity index (χ2n) is 7.50. The zero-order valence-corrected chi connectivity index (χ0v) is 18.9. The summed E-state index contributed by atoms with van der Waals surface area (Å²) >= 11 is 0. The fraction of sp³-hybridized carbons (Fsp3) is 0.208. The molecule has 3 aromatic rings. The molecule has 166 valence electrons.